The van der Waals surface area contributed by atoms with Crippen LogP contribution in [-0.2, 0) is 13.0 Å². The molecule has 0 spiro atoms. The predicted octanol–water partition coefficient (Wildman–Crippen LogP) is 6.33. The third kappa shape index (κ3) is 4.64. The summed E-state index contributed by atoms with van der Waals surface area (Å²) in [6.45, 7) is 3.66. The predicted molar refractivity (Wildman–Crippen MR) is 140 cm³/mol. The van der Waals surface area contributed by atoms with Gasteiger partial charge in [0.15, 0.2) is 5.76 Å². The molecule has 8 heteroatoms. The quantitative estimate of drug-likeness (QED) is 0.350. The Bertz CT molecular complexity index is 1380. The van der Waals surface area contributed by atoms with Crippen LogP contribution in [0.2, 0.25) is 10.0 Å². The highest BCUT2D eigenvalue weighted by molar-refractivity contribution is 6.35. The Hall–Kier alpha value is -3.19. The number of nitrogens with zero attached hydrogens (tertiary/aromatic N) is 1. The number of methoxy groups -OCH3 is 2. The van der Waals surface area contributed by atoms with Gasteiger partial charge >= 0.3 is 0 Å². The van der Waals surface area contributed by atoms with Crippen LogP contribution in [0.15, 0.2) is 48.2 Å². The van der Waals surface area contributed by atoms with E-state index in [0.29, 0.717) is 46.1 Å². The summed E-state index contributed by atoms with van der Waals surface area (Å²) in [5, 5.41) is 1.26. The first-order valence-electron chi connectivity index (χ1n) is 11.5. The number of Topliss-reactive ketones (excluding diaryl/α,β-unsaturated/α-hetero) is 1. The second-order valence-electron chi connectivity index (χ2n) is 8.73. The number of fused-ring (bicyclic) bond motifs is 3. The van der Waals surface area contributed by atoms with Crippen molar-refractivity contribution < 1.29 is 23.7 Å². The van der Waals surface area contributed by atoms with Gasteiger partial charge in [-0.05, 0) is 60.9 Å². The number of carbonyl (C=O) groups excluding carboxylic acids is 1. The molecule has 0 aliphatic carbocycles. The van der Waals surface area contributed by atoms with Gasteiger partial charge in [-0.2, -0.15) is 0 Å². The van der Waals surface area contributed by atoms with Gasteiger partial charge in [0.1, 0.15) is 29.7 Å². The van der Waals surface area contributed by atoms with Crippen molar-refractivity contribution in [3.8, 4) is 23.0 Å². The van der Waals surface area contributed by atoms with E-state index in [0.717, 1.165) is 41.0 Å². The zero-order valence-electron chi connectivity index (χ0n) is 20.2. The summed E-state index contributed by atoms with van der Waals surface area (Å²) >= 11 is 12.4. The van der Waals surface area contributed by atoms with E-state index in [1.165, 1.54) is 0 Å². The van der Waals surface area contributed by atoms with E-state index in [1.807, 2.05) is 37.3 Å². The molecule has 0 saturated heterocycles. The maximum atomic E-state index is 13.3. The van der Waals surface area contributed by atoms with Crippen molar-refractivity contribution in [2.75, 3.05) is 27.5 Å². The van der Waals surface area contributed by atoms with Crippen LogP contribution in [0.3, 0.4) is 0 Å². The summed E-state index contributed by atoms with van der Waals surface area (Å²) < 4.78 is 23.0. The Kier molecular flexibility index (Phi) is 6.84. The smallest absolute Gasteiger partial charge is 0.232 e. The van der Waals surface area contributed by atoms with Crippen molar-refractivity contribution in [3.63, 3.8) is 0 Å². The molecule has 186 valence electrons. The van der Waals surface area contributed by atoms with Gasteiger partial charge in [-0.25, -0.2) is 0 Å². The van der Waals surface area contributed by atoms with Crippen molar-refractivity contribution in [3.05, 3.63) is 86.1 Å². The van der Waals surface area contributed by atoms with Gasteiger partial charge in [-0.1, -0.05) is 29.3 Å². The molecule has 5 rings (SSSR count). The highest BCUT2D eigenvalue weighted by atomic mass is 35.5. The Morgan fingerprint density at radius 3 is 2.67 bits per heavy atom. The van der Waals surface area contributed by atoms with Gasteiger partial charge in [0, 0.05) is 34.8 Å². The Morgan fingerprint density at radius 1 is 1.08 bits per heavy atom. The van der Waals surface area contributed by atoms with Gasteiger partial charge in [0.2, 0.25) is 5.78 Å². The lowest BCUT2D eigenvalue weighted by atomic mass is 9.98. The summed E-state index contributed by atoms with van der Waals surface area (Å²) in [4.78, 5) is 15.5. The number of halogens is 2. The molecule has 2 heterocycles. The molecule has 0 atom stereocenters. The van der Waals surface area contributed by atoms with Crippen LogP contribution < -0.4 is 18.9 Å². The minimum atomic E-state index is -0.159. The molecule has 0 unspecified atom stereocenters. The molecule has 3 aromatic carbocycles. The topological polar surface area (TPSA) is 57.2 Å². The van der Waals surface area contributed by atoms with Crippen LogP contribution in [0.25, 0.3) is 6.08 Å². The molecule has 3 aromatic rings. The molecule has 6 nitrogen and oxygen atoms in total. The van der Waals surface area contributed by atoms with Crippen molar-refractivity contribution in [2.24, 2.45) is 0 Å². The lowest BCUT2D eigenvalue weighted by Crippen LogP contribution is -2.34. The van der Waals surface area contributed by atoms with E-state index in [-0.39, 0.29) is 11.5 Å². The SMILES string of the molecule is COc1ccc(/C=C2/Oc3c4c(cc(C)c3C2=O)OCN(CCc2ccc(Cl)cc2Cl)C4)c(OC)c1. The molecule has 0 amide bonds. The second-order valence-corrected chi connectivity index (χ2v) is 9.58. The van der Waals surface area contributed by atoms with Gasteiger partial charge in [0.05, 0.1) is 25.3 Å². The number of carbonyl (C=O) groups is 1. The highest BCUT2D eigenvalue weighted by Gasteiger charge is 2.35. The van der Waals surface area contributed by atoms with E-state index in [1.54, 1.807) is 32.4 Å². The molecule has 0 saturated carbocycles. The minimum Gasteiger partial charge on any atom is -0.497 e. The van der Waals surface area contributed by atoms with E-state index in [4.69, 9.17) is 42.1 Å². The van der Waals surface area contributed by atoms with Crippen molar-refractivity contribution in [1.29, 1.82) is 0 Å². The number of benzene rings is 3. The van der Waals surface area contributed by atoms with Crippen LogP contribution in [0.4, 0.5) is 0 Å². The molecule has 2 aliphatic heterocycles. The van der Waals surface area contributed by atoms with Gasteiger partial charge in [-0.15, -0.1) is 0 Å². The number of ether oxygens (including phenoxy) is 4. The Balaban J connectivity index is 1.40. The first-order valence-corrected chi connectivity index (χ1v) is 12.3. The number of ketones is 1. The first-order chi connectivity index (χ1) is 17.4. The summed E-state index contributed by atoms with van der Waals surface area (Å²) in [6.07, 6.45) is 2.45. The van der Waals surface area contributed by atoms with Crippen LogP contribution in [0.1, 0.15) is 32.6 Å². The Labute approximate surface area is 219 Å². The number of rotatable bonds is 6. The molecule has 0 bridgehead atoms. The van der Waals surface area contributed by atoms with Crippen molar-refractivity contribution in [1.82, 2.24) is 4.90 Å². The van der Waals surface area contributed by atoms with E-state index in [2.05, 4.69) is 4.90 Å². The molecule has 36 heavy (non-hydrogen) atoms. The molecule has 0 N–H and O–H groups in total. The van der Waals surface area contributed by atoms with Gasteiger partial charge in [0.25, 0.3) is 0 Å². The average molecular weight is 526 g/mol. The third-order valence-electron chi connectivity index (χ3n) is 6.43. The van der Waals surface area contributed by atoms with Crippen LogP contribution in [0, 0.1) is 6.92 Å². The summed E-state index contributed by atoms with van der Waals surface area (Å²) in [7, 11) is 3.17. The molecule has 2 aliphatic rings. The number of aryl methyl sites for hydroxylation is 1. The normalized spacial score (nSPS) is 15.8. The lowest BCUT2D eigenvalue weighted by molar-refractivity contribution is 0.0949. The number of hydrogen-bond donors (Lipinski definition) is 0. The maximum Gasteiger partial charge on any atom is 0.232 e. The summed E-state index contributed by atoms with van der Waals surface area (Å²) in [5.74, 6) is 2.63. The van der Waals surface area contributed by atoms with Crippen molar-refractivity contribution in [2.45, 2.75) is 19.9 Å². The Morgan fingerprint density at radius 2 is 1.92 bits per heavy atom. The zero-order valence-corrected chi connectivity index (χ0v) is 21.7. The largest absolute Gasteiger partial charge is 0.497 e. The van der Waals surface area contributed by atoms with Gasteiger partial charge < -0.3 is 18.9 Å². The molecule has 0 fully saturated rings. The van der Waals surface area contributed by atoms with Crippen LogP contribution in [0.5, 0.6) is 23.0 Å². The monoisotopic (exact) mass is 525 g/mol. The highest BCUT2D eigenvalue weighted by Crippen LogP contribution is 2.44. The fourth-order valence-corrected chi connectivity index (χ4v) is 5.00. The zero-order chi connectivity index (χ0) is 25.4. The molecular weight excluding hydrogens is 501 g/mol. The second kappa shape index (κ2) is 10.1. The third-order valence-corrected chi connectivity index (χ3v) is 7.01. The number of hydrogen-bond acceptors (Lipinski definition) is 6. The standard InChI is InChI=1S/C28H25Cl2NO5/c1-16-10-24-21(14-31(15-35-24)9-8-17-4-6-19(29)12-22(17)30)28-26(16)27(32)25(36-28)11-18-5-7-20(33-2)13-23(18)34-3/h4-7,10-13H,8-9,14-15H2,1-3H3/b25-11+. The van der Waals surface area contributed by atoms with E-state index < -0.39 is 0 Å². The van der Waals surface area contributed by atoms with Gasteiger partial charge in [-0.3, -0.25) is 9.69 Å². The summed E-state index contributed by atoms with van der Waals surface area (Å²) in [5.41, 5.74) is 3.99. The van der Waals surface area contributed by atoms with Crippen LogP contribution in [-0.4, -0.2) is 38.2 Å². The number of allylic oxidation sites excluding steroid dienone is 1. The van der Waals surface area contributed by atoms with Crippen molar-refractivity contribution >= 4 is 35.1 Å². The first kappa shape index (κ1) is 24.5. The van der Waals surface area contributed by atoms with E-state index >= 15 is 0 Å². The van der Waals surface area contributed by atoms with Crippen LogP contribution >= 0.6 is 23.2 Å². The molecule has 0 aromatic heterocycles. The summed E-state index contributed by atoms with van der Waals surface area (Å²) in [6, 6.07) is 12.9. The molecular formula is C28H25Cl2NO5. The fourth-order valence-electron chi connectivity index (χ4n) is 4.50. The lowest BCUT2D eigenvalue weighted by Gasteiger charge is -2.30. The van der Waals surface area contributed by atoms with E-state index in [9.17, 15) is 4.79 Å². The molecule has 0 radical (unpaired) electrons. The average Bonchev–Trinajstić information content (AvgIpc) is 3.20. The minimum absolute atomic E-state index is 0.159. The maximum absolute atomic E-state index is 13.3. The fraction of sp³-hybridized carbons (Fsp3) is 0.250.